The van der Waals surface area contributed by atoms with Crippen LogP contribution in [0.3, 0.4) is 0 Å². The Hall–Kier alpha value is -2.24. The molecule has 1 aliphatic heterocycles. The number of amides is 1. The lowest BCUT2D eigenvalue weighted by Crippen LogP contribution is -2.39. The molecule has 2 aromatic carbocycles. The van der Waals surface area contributed by atoms with E-state index in [0.29, 0.717) is 12.5 Å². The quantitative estimate of drug-likeness (QED) is 0.698. The first-order chi connectivity index (χ1) is 13.1. The first-order valence-corrected chi connectivity index (χ1v) is 10.4. The molecular weight excluding hydrogens is 354 g/mol. The van der Waals surface area contributed by atoms with Crippen molar-refractivity contribution < 1.29 is 4.79 Å². The summed E-state index contributed by atoms with van der Waals surface area (Å²) in [5.74, 6) is 0.746. The van der Waals surface area contributed by atoms with Crippen molar-refractivity contribution in [1.82, 2.24) is 9.88 Å². The molecule has 1 saturated heterocycles. The standard InChI is InChI=1S/C22H25N3OS/c1-15-5-10-19-20(12-15)27-22(24-19)17-6-8-18(9-7-17)23-21(26)14-25-11-3-4-16(2)13-25/h5-10,12,16H,3-4,11,13-14H2,1-2H3,(H,23,26). The third kappa shape index (κ3) is 4.37. The SMILES string of the molecule is Cc1ccc2nc(-c3ccc(NC(=O)CN4CCCC(C)C4)cc3)sc2c1. The second kappa shape index (κ2) is 7.79. The lowest BCUT2D eigenvalue weighted by Gasteiger charge is -2.30. The summed E-state index contributed by atoms with van der Waals surface area (Å²) in [7, 11) is 0. The van der Waals surface area contributed by atoms with Crippen LogP contribution in [0.15, 0.2) is 42.5 Å². The molecule has 1 unspecified atom stereocenters. The number of benzene rings is 2. The molecule has 0 spiro atoms. The number of carbonyl (C=O) groups is 1. The molecule has 0 bridgehead atoms. The van der Waals surface area contributed by atoms with E-state index in [-0.39, 0.29) is 5.91 Å². The van der Waals surface area contributed by atoms with Gasteiger partial charge in [0.2, 0.25) is 5.91 Å². The minimum atomic E-state index is 0.0623. The van der Waals surface area contributed by atoms with Gasteiger partial charge in [-0.25, -0.2) is 4.98 Å². The predicted octanol–water partition coefficient (Wildman–Crippen LogP) is 4.94. The summed E-state index contributed by atoms with van der Waals surface area (Å²) in [6, 6.07) is 14.3. The highest BCUT2D eigenvalue weighted by molar-refractivity contribution is 7.21. The minimum Gasteiger partial charge on any atom is -0.325 e. The molecule has 1 aromatic heterocycles. The summed E-state index contributed by atoms with van der Waals surface area (Å²) in [6.45, 7) is 6.87. The number of rotatable bonds is 4. The summed E-state index contributed by atoms with van der Waals surface area (Å²) in [4.78, 5) is 19.3. The number of hydrogen-bond donors (Lipinski definition) is 1. The lowest BCUT2D eigenvalue weighted by atomic mass is 10.0. The van der Waals surface area contributed by atoms with E-state index in [1.807, 2.05) is 24.3 Å². The molecule has 2 heterocycles. The number of hydrogen-bond acceptors (Lipinski definition) is 4. The fourth-order valence-electron chi connectivity index (χ4n) is 3.69. The average Bonchev–Trinajstić information content (AvgIpc) is 3.05. The van der Waals surface area contributed by atoms with Gasteiger partial charge in [-0.2, -0.15) is 0 Å². The van der Waals surface area contributed by atoms with Crippen molar-refractivity contribution in [3.8, 4) is 10.6 Å². The summed E-state index contributed by atoms with van der Waals surface area (Å²) in [5, 5.41) is 4.03. The Balaban J connectivity index is 1.41. The van der Waals surface area contributed by atoms with Gasteiger partial charge in [-0.15, -0.1) is 11.3 Å². The van der Waals surface area contributed by atoms with Crippen LogP contribution in [0.1, 0.15) is 25.3 Å². The zero-order valence-corrected chi connectivity index (χ0v) is 16.7. The first kappa shape index (κ1) is 18.1. The van der Waals surface area contributed by atoms with Crippen molar-refractivity contribution in [1.29, 1.82) is 0 Å². The molecule has 27 heavy (non-hydrogen) atoms. The predicted molar refractivity (Wildman–Crippen MR) is 113 cm³/mol. The maximum atomic E-state index is 12.3. The van der Waals surface area contributed by atoms with Gasteiger partial charge in [0.1, 0.15) is 5.01 Å². The molecule has 1 atom stereocenters. The number of aromatic nitrogens is 1. The highest BCUT2D eigenvalue weighted by Crippen LogP contribution is 2.31. The van der Waals surface area contributed by atoms with Gasteiger partial charge in [0.25, 0.3) is 0 Å². The van der Waals surface area contributed by atoms with Gasteiger partial charge in [0.15, 0.2) is 0 Å². The maximum Gasteiger partial charge on any atom is 0.238 e. The van der Waals surface area contributed by atoms with Gasteiger partial charge in [-0.3, -0.25) is 9.69 Å². The molecule has 1 N–H and O–H groups in total. The van der Waals surface area contributed by atoms with Gasteiger partial charge in [0, 0.05) is 17.8 Å². The number of fused-ring (bicyclic) bond motifs is 1. The zero-order valence-electron chi connectivity index (χ0n) is 15.9. The summed E-state index contributed by atoms with van der Waals surface area (Å²) in [6.07, 6.45) is 2.45. The summed E-state index contributed by atoms with van der Waals surface area (Å²) in [5.41, 5.74) is 4.20. The van der Waals surface area contributed by atoms with Crippen molar-refractivity contribution in [2.24, 2.45) is 5.92 Å². The third-order valence-electron chi connectivity index (χ3n) is 5.07. The van der Waals surface area contributed by atoms with E-state index in [1.165, 1.54) is 23.1 Å². The van der Waals surface area contributed by atoms with Crippen LogP contribution >= 0.6 is 11.3 Å². The molecular formula is C22H25N3OS. The highest BCUT2D eigenvalue weighted by atomic mass is 32.1. The van der Waals surface area contributed by atoms with E-state index in [2.05, 4.69) is 42.3 Å². The van der Waals surface area contributed by atoms with Crippen LogP contribution in [0.25, 0.3) is 20.8 Å². The Morgan fingerprint density at radius 3 is 2.85 bits per heavy atom. The molecule has 1 amide bonds. The van der Waals surface area contributed by atoms with Crippen molar-refractivity contribution in [3.63, 3.8) is 0 Å². The number of thiazole rings is 1. The lowest BCUT2D eigenvalue weighted by molar-refractivity contribution is -0.117. The number of nitrogens with zero attached hydrogens (tertiary/aromatic N) is 2. The molecule has 0 saturated carbocycles. The molecule has 0 radical (unpaired) electrons. The normalized spacial score (nSPS) is 17.9. The van der Waals surface area contributed by atoms with Gasteiger partial charge >= 0.3 is 0 Å². The number of likely N-dealkylation sites (tertiary alicyclic amines) is 1. The Bertz CT molecular complexity index is 948. The van der Waals surface area contributed by atoms with Crippen molar-refractivity contribution in [3.05, 3.63) is 48.0 Å². The molecule has 0 aliphatic carbocycles. The molecule has 140 valence electrons. The third-order valence-corrected chi connectivity index (χ3v) is 6.14. The van der Waals surface area contributed by atoms with Crippen molar-refractivity contribution in [2.75, 3.05) is 25.0 Å². The second-order valence-electron chi connectivity index (χ2n) is 7.60. The maximum absolute atomic E-state index is 12.3. The number of carbonyl (C=O) groups excluding carboxylic acids is 1. The van der Waals surface area contributed by atoms with Crippen LogP contribution in [0.5, 0.6) is 0 Å². The van der Waals surface area contributed by atoms with E-state index < -0.39 is 0 Å². The van der Waals surface area contributed by atoms with E-state index in [0.717, 1.165) is 34.9 Å². The largest absolute Gasteiger partial charge is 0.325 e. The number of nitrogens with one attached hydrogen (secondary N) is 1. The molecule has 4 nitrogen and oxygen atoms in total. The van der Waals surface area contributed by atoms with Crippen molar-refractivity contribution in [2.45, 2.75) is 26.7 Å². The fraction of sp³-hybridized carbons (Fsp3) is 0.364. The molecule has 4 rings (SSSR count). The molecule has 5 heteroatoms. The van der Waals surface area contributed by atoms with Crippen LogP contribution < -0.4 is 5.32 Å². The van der Waals surface area contributed by atoms with Crippen LogP contribution in [-0.2, 0) is 4.79 Å². The molecule has 1 fully saturated rings. The van der Waals surface area contributed by atoms with Gasteiger partial charge in [0.05, 0.1) is 16.8 Å². The minimum absolute atomic E-state index is 0.0623. The number of anilines is 1. The number of aryl methyl sites for hydroxylation is 1. The number of piperidine rings is 1. The summed E-state index contributed by atoms with van der Waals surface area (Å²) >= 11 is 1.70. The zero-order chi connectivity index (χ0) is 18.8. The summed E-state index contributed by atoms with van der Waals surface area (Å²) < 4.78 is 1.21. The smallest absolute Gasteiger partial charge is 0.238 e. The Kier molecular flexibility index (Phi) is 5.23. The van der Waals surface area contributed by atoms with E-state index >= 15 is 0 Å². The van der Waals surface area contributed by atoms with E-state index in [1.54, 1.807) is 11.3 Å². The van der Waals surface area contributed by atoms with Crippen LogP contribution in [-0.4, -0.2) is 35.4 Å². The topological polar surface area (TPSA) is 45.2 Å². The van der Waals surface area contributed by atoms with E-state index in [9.17, 15) is 4.79 Å². The Labute approximate surface area is 164 Å². The van der Waals surface area contributed by atoms with Gasteiger partial charge < -0.3 is 5.32 Å². The molecule has 1 aliphatic rings. The van der Waals surface area contributed by atoms with Crippen LogP contribution in [0.2, 0.25) is 0 Å². The highest BCUT2D eigenvalue weighted by Gasteiger charge is 2.18. The fourth-order valence-corrected chi connectivity index (χ4v) is 4.75. The molecule has 3 aromatic rings. The first-order valence-electron chi connectivity index (χ1n) is 9.57. The van der Waals surface area contributed by atoms with Gasteiger partial charge in [-0.05, 0) is 74.2 Å². The van der Waals surface area contributed by atoms with Gasteiger partial charge in [-0.1, -0.05) is 13.0 Å². The Morgan fingerprint density at radius 2 is 2.07 bits per heavy atom. The Morgan fingerprint density at radius 1 is 1.26 bits per heavy atom. The van der Waals surface area contributed by atoms with Crippen LogP contribution in [0, 0.1) is 12.8 Å². The van der Waals surface area contributed by atoms with E-state index in [4.69, 9.17) is 4.98 Å². The van der Waals surface area contributed by atoms with Crippen LogP contribution in [0.4, 0.5) is 5.69 Å². The van der Waals surface area contributed by atoms with Crippen molar-refractivity contribution >= 4 is 33.1 Å². The monoisotopic (exact) mass is 379 g/mol. The second-order valence-corrected chi connectivity index (χ2v) is 8.63. The average molecular weight is 380 g/mol.